The summed E-state index contributed by atoms with van der Waals surface area (Å²) in [4.78, 5) is 33.4. The van der Waals surface area contributed by atoms with Crippen molar-refractivity contribution in [3.63, 3.8) is 0 Å². The second-order valence-electron chi connectivity index (χ2n) is 6.14. The van der Waals surface area contributed by atoms with E-state index in [1.165, 1.54) is 24.6 Å². The second kappa shape index (κ2) is 7.84. The quantitative estimate of drug-likeness (QED) is 0.497. The first-order valence-corrected chi connectivity index (χ1v) is 9.77. The molecule has 1 aromatic carbocycles. The number of thiophene rings is 1. The molecule has 0 unspecified atom stereocenters. The lowest BCUT2D eigenvalue weighted by Gasteiger charge is -2.11. The van der Waals surface area contributed by atoms with E-state index in [9.17, 15) is 9.59 Å². The molecule has 8 heteroatoms. The topological polar surface area (TPSA) is 90.4 Å². The van der Waals surface area contributed by atoms with E-state index in [0.717, 1.165) is 15.6 Å². The van der Waals surface area contributed by atoms with Crippen LogP contribution in [0.15, 0.2) is 48.1 Å². The lowest BCUT2D eigenvalue weighted by Crippen LogP contribution is -2.12. The van der Waals surface area contributed by atoms with Crippen molar-refractivity contribution in [1.82, 2.24) is 9.97 Å². The van der Waals surface area contributed by atoms with Gasteiger partial charge in [0.2, 0.25) is 0 Å². The molecule has 4 rings (SSSR count). The Bertz CT molecular complexity index is 1240. The van der Waals surface area contributed by atoms with E-state index in [1.54, 1.807) is 30.6 Å². The van der Waals surface area contributed by atoms with Crippen LogP contribution in [0, 0.1) is 0 Å². The molecule has 0 aliphatic rings. The molecule has 0 radical (unpaired) electrons. The number of esters is 1. The highest BCUT2D eigenvalue weighted by molar-refractivity contribution is 7.17. The van der Waals surface area contributed by atoms with Gasteiger partial charge in [0, 0.05) is 29.2 Å². The van der Waals surface area contributed by atoms with Crippen LogP contribution in [0.1, 0.15) is 27.6 Å². The Morgan fingerprint density at radius 3 is 2.86 bits per heavy atom. The average molecular weight is 407 g/mol. The minimum absolute atomic E-state index is 0.290. The largest absolute Gasteiger partial charge is 0.494 e. The van der Waals surface area contributed by atoms with Gasteiger partial charge in [0.25, 0.3) is 5.91 Å². The van der Waals surface area contributed by atoms with Crippen LogP contribution in [0.3, 0.4) is 0 Å². The number of hydrogen-bond donors (Lipinski definition) is 1. The molecule has 3 aromatic heterocycles. The Morgan fingerprint density at radius 2 is 2.07 bits per heavy atom. The molecule has 3 heterocycles. The molecule has 0 saturated heterocycles. The van der Waals surface area contributed by atoms with Gasteiger partial charge in [-0.1, -0.05) is 6.07 Å². The number of carbonyl (C=O) groups is 2. The predicted molar refractivity (Wildman–Crippen MR) is 112 cm³/mol. The van der Waals surface area contributed by atoms with Gasteiger partial charge in [-0.25, -0.2) is 4.79 Å². The summed E-state index contributed by atoms with van der Waals surface area (Å²) in [5.41, 5.74) is 2.63. The Balaban J connectivity index is 1.66. The van der Waals surface area contributed by atoms with Crippen LogP contribution in [-0.2, 0) is 4.74 Å². The van der Waals surface area contributed by atoms with E-state index in [4.69, 9.17) is 9.47 Å². The minimum Gasteiger partial charge on any atom is -0.494 e. The van der Waals surface area contributed by atoms with E-state index in [1.807, 2.05) is 18.2 Å². The molecule has 1 N–H and O–H groups in total. The normalized spacial score (nSPS) is 10.8. The van der Waals surface area contributed by atoms with Gasteiger partial charge in [0.15, 0.2) is 0 Å². The molecular formula is C21H17N3O4S. The third-order valence-corrected chi connectivity index (χ3v) is 5.26. The molecule has 0 bridgehead atoms. The number of aromatic nitrogens is 2. The van der Waals surface area contributed by atoms with E-state index >= 15 is 0 Å². The average Bonchev–Trinajstić information content (AvgIpc) is 3.16. The molecule has 4 aromatic rings. The van der Waals surface area contributed by atoms with Crippen LogP contribution in [0.4, 0.5) is 5.69 Å². The maximum Gasteiger partial charge on any atom is 0.339 e. The molecule has 146 valence electrons. The molecule has 0 aliphatic carbocycles. The van der Waals surface area contributed by atoms with Crippen molar-refractivity contribution >= 4 is 50.0 Å². The zero-order valence-electron chi connectivity index (χ0n) is 15.8. The highest BCUT2D eigenvalue weighted by Gasteiger charge is 2.18. The maximum atomic E-state index is 12.9. The van der Waals surface area contributed by atoms with Crippen LogP contribution in [0.5, 0.6) is 5.75 Å². The molecular weight excluding hydrogens is 390 g/mol. The summed E-state index contributed by atoms with van der Waals surface area (Å²) in [5, 5.41) is 5.49. The van der Waals surface area contributed by atoms with E-state index in [0.29, 0.717) is 28.1 Å². The predicted octanol–water partition coefficient (Wildman–Crippen LogP) is 4.28. The molecule has 0 fully saturated rings. The van der Waals surface area contributed by atoms with Gasteiger partial charge in [-0.3, -0.25) is 14.8 Å². The van der Waals surface area contributed by atoms with Crippen LogP contribution in [-0.4, -0.2) is 35.6 Å². The highest BCUT2D eigenvalue weighted by atomic mass is 32.1. The first-order valence-electron chi connectivity index (χ1n) is 8.89. The van der Waals surface area contributed by atoms with Crippen molar-refractivity contribution in [2.45, 2.75) is 6.92 Å². The molecule has 0 atom stereocenters. The summed E-state index contributed by atoms with van der Waals surface area (Å²) in [6, 6.07) is 9.03. The Morgan fingerprint density at radius 1 is 1.21 bits per heavy atom. The van der Waals surface area contributed by atoms with Gasteiger partial charge < -0.3 is 14.8 Å². The lowest BCUT2D eigenvalue weighted by molar-refractivity contribution is 0.0526. The van der Waals surface area contributed by atoms with Crippen molar-refractivity contribution in [2.24, 2.45) is 0 Å². The van der Waals surface area contributed by atoms with Crippen molar-refractivity contribution in [1.29, 1.82) is 0 Å². The van der Waals surface area contributed by atoms with Gasteiger partial charge in [0.05, 0.1) is 46.3 Å². The second-order valence-corrected chi connectivity index (χ2v) is 7.05. The summed E-state index contributed by atoms with van der Waals surface area (Å²) in [7, 11) is 1.54. The van der Waals surface area contributed by atoms with E-state index in [-0.39, 0.29) is 12.5 Å². The number of pyridine rings is 2. The van der Waals surface area contributed by atoms with Crippen LogP contribution in [0.25, 0.3) is 21.1 Å². The number of hydrogen-bond acceptors (Lipinski definition) is 7. The van der Waals surface area contributed by atoms with Crippen molar-refractivity contribution in [3.05, 3.63) is 59.2 Å². The third kappa shape index (κ3) is 3.62. The van der Waals surface area contributed by atoms with Crippen molar-refractivity contribution in [3.8, 4) is 5.75 Å². The zero-order chi connectivity index (χ0) is 20.4. The number of nitrogens with one attached hydrogen (secondary N) is 1. The number of benzene rings is 1. The SMILES string of the molecule is CCOC(=O)c1cnc2c(C(=O)Nc3cc4cccnc4cc3OC)csc2c1. The number of methoxy groups -OCH3 is 1. The van der Waals surface area contributed by atoms with Crippen LogP contribution >= 0.6 is 11.3 Å². The maximum absolute atomic E-state index is 12.9. The smallest absolute Gasteiger partial charge is 0.339 e. The first-order chi connectivity index (χ1) is 14.1. The third-order valence-electron chi connectivity index (χ3n) is 4.34. The Hall–Kier alpha value is -3.52. The number of nitrogens with zero attached hydrogens (tertiary/aromatic N) is 2. The summed E-state index contributed by atoms with van der Waals surface area (Å²) in [5.74, 6) is -0.230. The summed E-state index contributed by atoms with van der Waals surface area (Å²) in [6.07, 6.45) is 3.12. The van der Waals surface area contributed by atoms with Gasteiger partial charge >= 0.3 is 5.97 Å². The highest BCUT2D eigenvalue weighted by Crippen LogP contribution is 2.31. The molecule has 0 saturated carbocycles. The summed E-state index contributed by atoms with van der Waals surface area (Å²) < 4.78 is 11.1. The fourth-order valence-electron chi connectivity index (χ4n) is 2.96. The molecule has 1 amide bonds. The van der Waals surface area contributed by atoms with Gasteiger partial charge in [-0.05, 0) is 25.1 Å². The molecule has 29 heavy (non-hydrogen) atoms. The van der Waals surface area contributed by atoms with E-state index in [2.05, 4.69) is 15.3 Å². The first kappa shape index (κ1) is 18.8. The number of fused-ring (bicyclic) bond motifs is 2. The lowest BCUT2D eigenvalue weighted by atomic mass is 10.1. The summed E-state index contributed by atoms with van der Waals surface area (Å²) in [6.45, 7) is 2.03. The fraction of sp³-hybridized carbons (Fsp3) is 0.143. The molecule has 0 spiro atoms. The summed E-state index contributed by atoms with van der Waals surface area (Å²) >= 11 is 1.34. The van der Waals surface area contributed by atoms with Gasteiger partial charge in [-0.15, -0.1) is 11.3 Å². The van der Waals surface area contributed by atoms with E-state index < -0.39 is 5.97 Å². The molecule has 0 aliphatic heterocycles. The van der Waals surface area contributed by atoms with Gasteiger partial charge in [0.1, 0.15) is 5.75 Å². The standard InChI is InChI=1S/C21H17N3O4S/c1-3-28-21(26)13-8-18-19(23-10-13)14(11-29-18)20(25)24-16-7-12-5-4-6-22-15(12)9-17(16)27-2/h4-11H,3H2,1-2H3,(H,24,25). The number of ether oxygens (including phenoxy) is 2. The number of carbonyl (C=O) groups excluding carboxylic acids is 2. The minimum atomic E-state index is -0.434. The Labute approximate surface area is 170 Å². The van der Waals surface area contributed by atoms with Crippen molar-refractivity contribution < 1.29 is 19.1 Å². The van der Waals surface area contributed by atoms with Crippen LogP contribution in [0.2, 0.25) is 0 Å². The number of amides is 1. The van der Waals surface area contributed by atoms with Crippen LogP contribution < -0.4 is 10.1 Å². The Kier molecular flexibility index (Phi) is 5.09. The van der Waals surface area contributed by atoms with Crippen molar-refractivity contribution in [2.75, 3.05) is 19.0 Å². The number of anilines is 1. The fourth-order valence-corrected chi connectivity index (χ4v) is 3.89. The number of rotatable bonds is 5. The molecule has 7 nitrogen and oxygen atoms in total. The van der Waals surface area contributed by atoms with Gasteiger partial charge in [-0.2, -0.15) is 0 Å². The zero-order valence-corrected chi connectivity index (χ0v) is 16.6. The monoisotopic (exact) mass is 407 g/mol.